The van der Waals surface area contributed by atoms with Crippen molar-refractivity contribution >= 4 is 15.8 Å². The second-order valence-electron chi connectivity index (χ2n) is 6.65. The first-order valence-corrected chi connectivity index (χ1v) is 8.62. The molecule has 0 saturated heterocycles. The summed E-state index contributed by atoms with van der Waals surface area (Å²) in [6, 6.07) is 1.95. The molecule has 0 spiro atoms. The number of hydrogen-bond acceptors (Lipinski definition) is 4. The zero-order valence-electron chi connectivity index (χ0n) is 12.3. The smallest absolute Gasteiger partial charge is 0.214 e. The van der Waals surface area contributed by atoms with Gasteiger partial charge in [0.25, 0.3) is 0 Å². The van der Waals surface area contributed by atoms with Gasteiger partial charge in [0.1, 0.15) is 5.78 Å². The molecule has 20 heavy (non-hydrogen) atoms. The normalized spacial score (nSPS) is 31.8. The second kappa shape index (κ2) is 4.81. The molecule has 6 heteroatoms. The third kappa shape index (κ3) is 2.08. The molecule has 2 aliphatic rings. The summed E-state index contributed by atoms with van der Waals surface area (Å²) in [6.07, 6.45) is 2.30. The number of hydrogen-bond donors (Lipinski definition) is 0. The Kier molecular flexibility index (Phi) is 3.72. The average molecular weight is 298 g/mol. The molecule has 0 aliphatic heterocycles. The molecular formula is C14H22N2O3S. The number of fused-ring (bicyclic) bond motifs is 2. The molecule has 0 aromatic rings. The molecule has 2 rings (SSSR count). The van der Waals surface area contributed by atoms with Crippen LogP contribution in [-0.2, 0) is 14.8 Å². The lowest BCUT2D eigenvalue weighted by atomic mass is 9.70. The number of nitriles is 1. The number of carbonyl (C=O) groups excluding carboxylic acids is 1. The van der Waals surface area contributed by atoms with E-state index in [1.54, 1.807) is 0 Å². The Bertz CT molecular complexity index is 561. The van der Waals surface area contributed by atoms with E-state index in [0.29, 0.717) is 18.8 Å². The number of rotatable bonds is 5. The third-order valence-corrected chi connectivity index (χ3v) is 7.57. The molecule has 2 atom stereocenters. The van der Waals surface area contributed by atoms with Gasteiger partial charge in [-0.2, -0.15) is 5.26 Å². The van der Waals surface area contributed by atoms with Crippen LogP contribution >= 0.6 is 0 Å². The van der Waals surface area contributed by atoms with Crippen molar-refractivity contribution in [3.63, 3.8) is 0 Å². The van der Waals surface area contributed by atoms with E-state index in [2.05, 4.69) is 0 Å². The lowest BCUT2D eigenvalue weighted by Gasteiger charge is -2.37. The molecule has 2 saturated carbocycles. The highest BCUT2D eigenvalue weighted by Crippen LogP contribution is 2.64. The van der Waals surface area contributed by atoms with Crippen LogP contribution in [0.4, 0.5) is 0 Å². The van der Waals surface area contributed by atoms with Gasteiger partial charge >= 0.3 is 0 Å². The highest BCUT2D eigenvalue weighted by atomic mass is 32.2. The summed E-state index contributed by atoms with van der Waals surface area (Å²) in [7, 11) is -2.01. The fourth-order valence-corrected chi connectivity index (χ4v) is 5.77. The maximum Gasteiger partial charge on any atom is 0.214 e. The van der Waals surface area contributed by atoms with Crippen LogP contribution in [0.15, 0.2) is 0 Å². The van der Waals surface area contributed by atoms with E-state index in [0.717, 1.165) is 6.42 Å². The Morgan fingerprint density at radius 3 is 2.55 bits per heavy atom. The second-order valence-corrected chi connectivity index (χ2v) is 8.73. The van der Waals surface area contributed by atoms with Crippen LogP contribution in [0, 0.1) is 28.1 Å². The Morgan fingerprint density at radius 1 is 1.45 bits per heavy atom. The van der Waals surface area contributed by atoms with Crippen molar-refractivity contribution in [3.05, 3.63) is 0 Å². The SMILES string of the molecule is CN(CCC#N)S(=O)(=O)C[C@@]12CC[C@@H](CC1=O)C2(C)C. The average Bonchev–Trinajstić information content (AvgIpc) is 2.69. The largest absolute Gasteiger partial charge is 0.299 e. The van der Waals surface area contributed by atoms with Crippen LogP contribution in [0.5, 0.6) is 0 Å². The molecule has 0 heterocycles. The van der Waals surface area contributed by atoms with E-state index in [1.165, 1.54) is 11.4 Å². The molecule has 0 aromatic carbocycles. The maximum atomic E-state index is 12.5. The minimum absolute atomic E-state index is 0.107. The van der Waals surface area contributed by atoms with E-state index < -0.39 is 15.4 Å². The summed E-state index contributed by atoms with van der Waals surface area (Å²) >= 11 is 0. The zero-order valence-corrected chi connectivity index (χ0v) is 13.2. The molecule has 0 unspecified atom stereocenters. The summed E-state index contributed by atoms with van der Waals surface area (Å²) < 4.78 is 26.2. The summed E-state index contributed by atoms with van der Waals surface area (Å²) in [5.41, 5.74) is -0.968. The molecule has 2 aliphatic carbocycles. The van der Waals surface area contributed by atoms with Gasteiger partial charge in [-0.3, -0.25) is 4.79 Å². The number of carbonyl (C=O) groups is 1. The van der Waals surface area contributed by atoms with E-state index in [4.69, 9.17) is 5.26 Å². The number of sulfonamides is 1. The van der Waals surface area contributed by atoms with Gasteiger partial charge in [0, 0.05) is 31.8 Å². The van der Waals surface area contributed by atoms with Crippen LogP contribution in [0.25, 0.3) is 0 Å². The zero-order chi connectivity index (χ0) is 15.2. The van der Waals surface area contributed by atoms with Crippen molar-refractivity contribution in [3.8, 4) is 6.07 Å². The van der Waals surface area contributed by atoms with Crippen LogP contribution in [-0.4, -0.2) is 37.9 Å². The summed E-state index contributed by atoms with van der Waals surface area (Å²) in [5.74, 6) is 0.315. The Labute approximate surface area is 121 Å². The Morgan fingerprint density at radius 2 is 2.10 bits per heavy atom. The van der Waals surface area contributed by atoms with Crippen LogP contribution in [0.1, 0.15) is 39.5 Å². The lowest BCUT2D eigenvalue weighted by molar-refractivity contribution is -0.128. The Hall–Kier alpha value is -0.930. The third-order valence-electron chi connectivity index (χ3n) is 5.58. The van der Waals surface area contributed by atoms with E-state index in [-0.39, 0.29) is 29.9 Å². The fraction of sp³-hybridized carbons (Fsp3) is 0.857. The number of ketones is 1. The standard InChI is InChI=1S/C14H22N2O3S/c1-13(2)11-5-6-14(13,12(17)9-11)10-20(18,19)16(3)8-4-7-15/h11H,4-6,8-10H2,1-3H3/t11-,14-/m0/s1. The Balaban J connectivity index is 2.25. The van der Waals surface area contributed by atoms with Crippen LogP contribution in [0.2, 0.25) is 0 Å². The molecule has 2 bridgehead atoms. The van der Waals surface area contributed by atoms with Crippen molar-refractivity contribution in [2.24, 2.45) is 16.7 Å². The monoisotopic (exact) mass is 298 g/mol. The molecule has 112 valence electrons. The molecule has 0 radical (unpaired) electrons. The van der Waals surface area contributed by atoms with Gasteiger partial charge in [-0.15, -0.1) is 0 Å². The molecule has 5 nitrogen and oxygen atoms in total. The van der Waals surface area contributed by atoms with Crippen molar-refractivity contribution in [2.45, 2.75) is 39.5 Å². The van der Waals surface area contributed by atoms with E-state index >= 15 is 0 Å². The van der Waals surface area contributed by atoms with Gasteiger partial charge in [0.15, 0.2) is 0 Å². The lowest BCUT2D eigenvalue weighted by Crippen LogP contribution is -2.45. The number of Topliss-reactive ketones (excluding diaryl/α,β-unsaturated/α-hetero) is 1. The van der Waals surface area contributed by atoms with Crippen LogP contribution < -0.4 is 0 Å². The van der Waals surface area contributed by atoms with Gasteiger partial charge in [-0.05, 0) is 24.2 Å². The highest BCUT2D eigenvalue weighted by molar-refractivity contribution is 7.89. The van der Waals surface area contributed by atoms with Gasteiger partial charge in [-0.1, -0.05) is 13.8 Å². The minimum atomic E-state index is -3.50. The first-order valence-electron chi connectivity index (χ1n) is 7.02. The van der Waals surface area contributed by atoms with Crippen molar-refractivity contribution in [1.29, 1.82) is 5.26 Å². The van der Waals surface area contributed by atoms with Crippen molar-refractivity contribution in [1.82, 2.24) is 4.31 Å². The quantitative estimate of drug-likeness (QED) is 0.771. The van der Waals surface area contributed by atoms with Crippen molar-refractivity contribution < 1.29 is 13.2 Å². The predicted octanol–water partition coefficient (Wildman–Crippen LogP) is 1.56. The summed E-state index contributed by atoms with van der Waals surface area (Å²) in [5, 5.41) is 8.57. The van der Waals surface area contributed by atoms with Gasteiger partial charge in [-0.25, -0.2) is 12.7 Å². The van der Waals surface area contributed by atoms with Gasteiger partial charge in [0.2, 0.25) is 10.0 Å². The van der Waals surface area contributed by atoms with E-state index in [1.807, 2.05) is 19.9 Å². The molecular weight excluding hydrogens is 276 g/mol. The predicted molar refractivity (Wildman–Crippen MR) is 75.2 cm³/mol. The van der Waals surface area contributed by atoms with Gasteiger partial charge in [0.05, 0.1) is 11.8 Å². The summed E-state index contributed by atoms with van der Waals surface area (Å²) in [6.45, 7) is 4.24. The molecule has 0 N–H and O–H groups in total. The summed E-state index contributed by atoms with van der Waals surface area (Å²) in [4.78, 5) is 12.4. The molecule has 2 fully saturated rings. The number of nitrogens with zero attached hydrogens (tertiary/aromatic N) is 2. The minimum Gasteiger partial charge on any atom is -0.299 e. The highest BCUT2D eigenvalue weighted by Gasteiger charge is 2.65. The van der Waals surface area contributed by atoms with Crippen molar-refractivity contribution in [2.75, 3.05) is 19.3 Å². The van der Waals surface area contributed by atoms with Crippen LogP contribution in [0.3, 0.4) is 0 Å². The molecule has 0 aromatic heterocycles. The topological polar surface area (TPSA) is 78.2 Å². The van der Waals surface area contributed by atoms with Gasteiger partial charge < -0.3 is 0 Å². The first-order chi connectivity index (χ1) is 9.17. The maximum absolute atomic E-state index is 12.5. The van der Waals surface area contributed by atoms with E-state index in [9.17, 15) is 13.2 Å². The first kappa shape index (κ1) is 15.5. The fourth-order valence-electron chi connectivity index (χ4n) is 3.88. The molecule has 0 amide bonds.